The Morgan fingerprint density at radius 1 is 1.28 bits per heavy atom. The number of aromatic nitrogens is 2. The van der Waals surface area contributed by atoms with Crippen molar-refractivity contribution in [3.8, 4) is 0 Å². The summed E-state index contributed by atoms with van der Waals surface area (Å²) in [5.41, 5.74) is 7.33. The molecule has 2 aromatic heterocycles. The molecule has 0 spiro atoms. The molecule has 1 atom stereocenters. The van der Waals surface area contributed by atoms with Crippen molar-refractivity contribution in [1.29, 1.82) is 0 Å². The molecule has 0 aliphatic heterocycles. The topological polar surface area (TPSA) is 144 Å². The van der Waals surface area contributed by atoms with E-state index in [-0.39, 0.29) is 44.3 Å². The number of sulfonamides is 1. The number of aromatic amines is 1. The van der Waals surface area contributed by atoms with Crippen LogP contribution in [0.1, 0.15) is 54.9 Å². The maximum Gasteiger partial charge on any atom is 0.262 e. The van der Waals surface area contributed by atoms with Gasteiger partial charge in [-0.2, -0.15) is 0 Å². The van der Waals surface area contributed by atoms with E-state index >= 15 is 0 Å². The van der Waals surface area contributed by atoms with E-state index in [1.54, 1.807) is 11.3 Å². The number of anilines is 1. The minimum absolute atomic E-state index is 0.140. The van der Waals surface area contributed by atoms with Crippen molar-refractivity contribution >= 4 is 56.1 Å². The number of nitrogens with zero attached hydrogens (tertiary/aromatic N) is 2. The molecule has 8 nitrogen and oxygen atoms in total. The molecule has 3 rings (SSSR count). The molecule has 0 radical (unpaired) electrons. The molecule has 0 fully saturated rings. The van der Waals surface area contributed by atoms with Gasteiger partial charge in [0.05, 0.1) is 10.6 Å². The average Bonchev–Trinajstić information content (AvgIpc) is 3.27. The van der Waals surface area contributed by atoms with E-state index in [0.29, 0.717) is 36.4 Å². The number of H-pyrrole nitrogens is 1. The van der Waals surface area contributed by atoms with E-state index in [4.69, 9.17) is 39.1 Å². The number of aliphatic imine (C=N–C) groups is 1. The Kier molecular flexibility index (Phi) is 9.71. The third-order valence-corrected chi connectivity index (χ3v) is 8.08. The first-order chi connectivity index (χ1) is 17.0. The summed E-state index contributed by atoms with van der Waals surface area (Å²) in [5, 5.41) is 7.50. The highest BCUT2D eigenvalue weighted by atomic mass is 35.5. The number of nitrogens with two attached hydrogens (primary N) is 2. The van der Waals surface area contributed by atoms with E-state index in [9.17, 15) is 13.2 Å². The van der Waals surface area contributed by atoms with Gasteiger partial charge >= 0.3 is 0 Å². The first-order valence-corrected chi connectivity index (χ1v) is 14.6. The third-order valence-electron chi connectivity index (χ3n) is 5.64. The van der Waals surface area contributed by atoms with Gasteiger partial charge in [0.2, 0.25) is 10.0 Å². The van der Waals surface area contributed by atoms with Crippen LogP contribution in [0, 0.1) is 5.92 Å². The molecule has 12 heteroatoms. The van der Waals surface area contributed by atoms with Crippen molar-refractivity contribution in [1.82, 2.24) is 9.97 Å². The van der Waals surface area contributed by atoms with Crippen LogP contribution in [0.25, 0.3) is 0 Å². The van der Waals surface area contributed by atoms with Gasteiger partial charge in [-0.05, 0) is 47.9 Å². The predicted octanol–water partition coefficient (Wildman–Crippen LogP) is 4.82. The van der Waals surface area contributed by atoms with Crippen molar-refractivity contribution in [2.45, 2.75) is 50.8 Å². The first-order valence-electron chi connectivity index (χ1n) is 11.4. The van der Waals surface area contributed by atoms with Crippen LogP contribution in [0.4, 0.5) is 5.82 Å². The van der Waals surface area contributed by atoms with Gasteiger partial charge in [0, 0.05) is 27.9 Å². The SMILES string of the molecule is CCCC(C)C/C(=N/CCc1c(Cl)cc(S(N)(=O)=O)cc1Cl)c1c(N)nc(Cc2cccs2)[nH]c1=O. The lowest BCUT2D eigenvalue weighted by molar-refractivity contribution is 0.544. The van der Waals surface area contributed by atoms with E-state index in [0.717, 1.165) is 17.7 Å². The van der Waals surface area contributed by atoms with Crippen LogP contribution in [-0.4, -0.2) is 30.6 Å². The Labute approximate surface area is 224 Å². The minimum Gasteiger partial charge on any atom is -0.383 e. The average molecular weight is 571 g/mol. The van der Waals surface area contributed by atoms with Gasteiger partial charge in [-0.25, -0.2) is 18.5 Å². The first kappa shape index (κ1) is 28.3. The number of thiophene rings is 1. The maximum absolute atomic E-state index is 13.1. The van der Waals surface area contributed by atoms with Crippen molar-refractivity contribution in [3.63, 3.8) is 0 Å². The molecule has 1 aromatic carbocycles. The zero-order valence-electron chi connectivity index (χ0n) is 20.1. The Bertz CT molecular complexity index is 1380. The van der Waals surface area contributed by atoms with Crippen molar-refractivity contribution in [2.75, 3.05) is 12.3 Å². The van der Waals surface area contributed by atoms with Crippen LogP contribution in [-0.2, 0) is 22.9 Å². The number of hydrogen-bond acceptors (Lipinski definition) is 7. The fraction of sp³-hybridized carbons (Fsp3) is 0.375. The van der Waals surface area contributed by atoms with Gasteiger partial charge in [-0.15, -0.1) is 11.3 Å². The lowest BCUT2D eigenvalue weighted by Crippen LogP contribution is -2.25. The van der Waals surface area contributed by atoms with Gasteiger partial charge in [0.25, 0.3) is 5.56 Å². The molecule has 1 unspecified atom stereocenters. The molecule has 194 valence electrons. The highest BCUT2D eigenvalue weighted by molar-refractivity contribution is 7.89. The van der Waals surface area contributed by atoms with Crippen LogP contribution in [0.2, 0.25) is 10.0 Å². The molecule has 0 saturated heterocycles. The quantitative estimate of drug-likeness (QED) is 0.283. The molecule has 36 heavy (non-hydrogen) atoms. The molecule has 0 bridgehead atoms. The van der Waals surface area contributed by atoms with Crippen molar-refractivity contribution in [3.05, 3.63) is 71.9 Å². The lowest BCUT2D eigenvalue weighted by Gasteiger charge is -2.15. The molecule has 0 saturated carbocycles. The van der Waals surface area contributed by atoms with Gasteiger partial charge in [-0.1, -0.05) is 56.0 Å². The van der Waals surface area contributed by atoms with Crippen LogP contribution in [0.5, 0.6) is 0 Å². The predicted molar refractivity (Wildman–Crippen MR) is 148 cm³/mol. The summed E-state index contributed by atoms with van der Waals surface area (Å²) in [6.45, 7) is 4.46. The Balaban J connectivity index is 1.91. The molecule has 5 N–H and O–H groups in total. The number of hydrogen-bond donors (Lipinski definition) is 3. The van der Waals surface area contributed by atoms with Crippen LogP contribution in [0.15, 0.2) is 44.3 Å². The second-order valence-corrected chi connectivity index (χ2v) is 12.0. The second kappa shape index (κ2) is 12.3. The fourth-order valence-corrected chi connectivity index (χ4v) is 6.01. The largest absolute Gasteiger partial charge is 0.383 e. The van der Waals surface area contributed by atoms with E-state index in [1.165, 1.54) is 12.1 Å². The molecular weight excluding hydrogens is 541 g/mol. The van der Waals surface area contributed by atoms with Crippen LogP contribution < -0.4 is 16.4 Å². The molecule has 0 amide bonds. The molecule has 3 aromatic rings. The van der Waals surface area contributed by atoms with Crippen molar-refractivity contribution < 1.29 is 8.42 Å². The minimum atomic E-state index is -3.94. The van der Waals surface area contributed by atoms with Crippen LogP contribution in [0.3, 0.4) is 0 Å². The van der Waals surface area contributed by atoms with Gasteiger partial charge in [-0.3, -0.25) is 9.79 Å². The summed E-state index contributed by atoms with van der Waals surface area (Å²) in [6, 6.07) is 6.45. The number of primary sulfonamides is 1. The molecule has 0 aliphatic rings. The highest BCUT2D eigenvalue weighted by Crippen LogP contribution is 2.29. The summed E-state index contributed by atoms with van der Waals surface area (Å²) in [5.74, 6) is 0.916. The fourth-order valence-electron chi connectivity index (χ4n) is 3.94. The molecular formula is C24H29Cl2N5O3S2. The lowest BCUT2D eigenvalue weighted by atomic mass is 9.96. The Morgan fingerprint density at radius 3 is 2.53 bits per heavy atom. The number of halogens is 2. The smallest absolute Gasteiger partial charge is 0.262 e. The Hall–Kier alpha value is -2.24. The number of nitrogens with one attached hydrogen (secondary N) is 1. The maximum atomic E-state index is 13.1. The molecule has 0 aliphatic carbocycles. The van der Waals surface area contributed by atoms with E-state index in [2.05, 4.69) is 23.8 Å². The van der Waals surface area contributed by atoms with Crippen molar-refractivity contribution in [2.24, 2.45) is 16.0 Å². The van der Waals surface area contributed by atoms with Crippen LogP contribution >= 0.6 is 34.5 Å². The highest BCUT2D eigenvalue weighted by Gasteiger charge is 2.19. The Morgan fingerprint density at radius 2 is 1.97 bits per heavy atom. The van der Waals surface area contributed by atoms with Gasteiger partial charge < -0.3 is 10.7 Å². The molecule has 2 heterocycles. The van der Waals surface area contributed by atoms with Gasteiger partial charge in [0.15, 0.2) is 0 Å². The summed E-state index contributed by atoms with van der Waals surface area (Å²) in [7, 11) is -3.94. The second-order valence-electron chi connectivity index (χ2n) is 8.62. The monoisotopic (exact) mass is 569 g/mol. The summed E-state index contributed by atoms with van der Waals surface area (Å²) in [6.07, 6.45) is 3.34. The normalized spacial score (nSPS) is 13.2. The zero-order chi connectivity index (χ0) is 26.5. The number of benzene rings is 1. The van der Waals surface area contributed by atoms with E-state index < -0.39 is 10.0 Å². The van der Waals surface area contributed by atoms with E-state index in [1.807, 2.05) is 17.5 Å². The standard InChI is InChI=1S/C24H29Cl2N5O3S2/c1-3-5-14(2)10-20(22-23(27)30-21(31-24(22)32)11-15-6-4-9-35-15)29-8-7-17-18(25)12-16(13-19(17)26)36(28,33)34/h4,6,9,12-14H,3,5,7-8,10-11H2,1-2H3,(H2,28,33,34)(H3,27,30,31,32)/b29-20-. The summed E-state index contributed by atoms with van der Waals surface area (Å²) >= 11 is 14.2. The third kappa shape index (κ3) is 7.39. The number of rotatable bonds is 11. The van der Waals surface area contributed by atoms with Gasteiger partial charge in [0.1, 0.15) is 17.2 Å². The summed E-state index contributed by atoms with van der Waals surface area (Å²) in [4.78, 5) is 26.0. The number of nitrogen functional groups attached to an aromatic ring is 1. The zero-order valence-corrected chi connectivity index (χ0v) is 23.2. The summed E-state index contributed by atoms with van der Waals surface area (Å²) < 4.78 is 23.3.